The number of hydrogen-bond donors (Lipinski definition) is 1. The number of hydrogen-bond acceptors (Lipinski definition) is 2. The van der Waals surface area contributed by atoms with Crippen LogP contribution < -0.4 is 10.1 Å². The van der Waals surface area contributed by atoms with Crippen molar-refractivity contribution in [1.29, 1.82) is 0 Å². The Hall–Kier alpha value is -2.22. The van der Waals surface area contributed by atoms with Gasteiger partial charge >= 0.3 is 0 Å². The summed E-state index contributed by atoms with van der Waals surface area (Å²) in [6, 6.07) is 14.6. The van der Waals surface area contributed by atoms with Gasteiger partial charge in [0.05, 0.1) is 0 Å². The van der Waals surface area contributed by atoms with E-state index in [4.69, 9.17) is 4.74 Å². The zero-order valence-electron chi connectivity index (χ0n) is 12.1. The third-order valence-electron chi connectivity index (χ3n) is 3.13. The summed E-state index contributed by atoms with van der Waals surface area (Å²) in [5, 5.41) is 3.46. The van der Waals surface area contributed by atoms with Crippen molar-refractivity contribution in [2.75, 3.05) is 11.9 Å². The van der Waals surface area contributed by atoms with E-state index in [1.807, 2.05) is 12.1 Å². The Labute approximate surface area is 121 Å². The topological polar surface area (TPSA) is 21.3 Å². The van der Waals surface area contributed by atoms with E-state index in [0.29, 0.717) is 6.61 Å². The molecule has 0 fully saturated rings. The zero-order chi connectivity index (χ0) is 14.4. The van der Waals surface area contributed by atoms with Crippen molar-refractivity contribution < 1.29 is 4.74 Å². The molecule has 2 nitrogen and oxygen atoms in total. The van der Waals surface area contributed by atoms with Gasteiger partial charge in [-0.05, 0) is 43.2 Å². The molecule has 0 amide bonds. The highest BCUT2D eigenvalue weighted by molar-refractivity contribution is 5.52. The summed E-state index contributed by atoms with van der Waals surface area (Å²) in [5.41, 5.74) is 4.93. The van der Waals surface area contributed by atoms with Crippen molar-refractivity contribution in [1.82, 2.24) is 0 Å². The molecular formula is C18H21NO. The molecular weight excluding hydrogens is 246 g/mol. The minimum atomic E-state index is 0.536. The van der Waals surface area contributed by atoms with E-state index < -0.39 is 0 Å². The Morgan fingerprint density at radius 2 is 2.00 bits per heavy atom. The molecule has 2 aromatic rings. The summed E-state index contributed by atoms with van der Waals surface area (Å²) in [5.74, 6) is 0.879. The van der Waals surface area contributed by atoms with E-state index in [1.54, 1.807) is 6.08 Å². The standard InChI is InChI=1S/C18H21NO/c1-4-10-20-17-7-5-6-16(12-17)13-19-18-9-8-14(2)11-15(18)3/h4-9,11-12,19H,1,10,13H2,2-3H3. The van der Waals surface area contributed by atoms with Gasteiger partial charge in [0.15, 0.2) is 0 Å². The second-order valence-corrected chi connectivity index (χ2v) is 4.92. The first kappa shape index (κ1) is 14.2. The van der Waals surface area contributed by atoms with Gasteiger partial charge in [-0.15, -0.1) is 0 Å². The van der Waals surface area contributed by atoms with Crippen LogP contribution in [0.2, 0.25) is 0 Å². The van der Waals surface area contributed by atoms with Crippen LogP contribution in [0.3, 0.4) is 0 Å². The third-order valence-corrected chi connectivity index (χ3v) is 3.13. The number of aryl methyl sites for hydroxylation is 2. The van der Waals surface area contributed by atoms with E-state index >= 15 is 0 Å². The van der Waals surface area contributed by atoms with Crippen LogP contribution in [-0.2, 0) is 6.54 Å². The first-order valence-corrected chi connectivity index (χ1v) is 6.83. The molecule has 0 aliphatic rings. The van der Waals surface area contributed by atoms with Gasteiger partial charge in [-0.2, -0.15) is 0 Å². The van der Waals surface area contributed by atoms with Gasteiger partial charge in [0, 0.05) is 12.2 Å². The van der Waals surface area contributed by atoms with Crippen LogP contribution in [0.1, 0.15) is 16.7 Å². The maximum Gasteiger partial charge on any atom is 0.120 e. The Morgan fingerprint density at radius 1 is 1.15 bits per heavy atom. The molecule has 104 valence electrons. The molecule has 1 N–H and O–H groups in total. The molecule has 0 aliphatic carbocycles. The smallest absolute Gasteiger partial charge is 0.120 e. The summed E-state index contributed by atoms with van der Waals surface area (Å²) in [6.07, 6.45) is 1.75. The van der Waals surface area contributed by atoms with Crippen molar-refractivity contribution in [3.63, 3.8) is 0 Å². The SMILES string of the molecule is C=CCOc1cccc(CNc2ccc(C)cc2C)c1. The Bertz CT molecular complexity index is 590. The normalized spacial score (nSPS) is 10.1. The number of benzene rings is 2. The largest absolute Gasteiger partial charge is 0.490 e. The van der Waals surface area contributed by atoms with E-state index in [2.05, 4.69) is 56.1 Å². The number of nitrogens with one attached hydrogen (secondary N) is 1. The molecule has 0 unspecified atom stereocenters. The zero-order valence-corrected chi connectivity index (χ0v) is 12.1. The molecule has 2 aromatic carbocycles. The lowest BCUT2D eigenvalue weighted by Gasteiger charge is -2.11. The van der Waals surface area contributed by atoms with Gasteiger partial charge in [0.1, 0.15) is 12.4 Å². The molecule has 2 rings (SSSR count). The first-order valence-electron chi connectivity index (χ1n) is 6.83. The van der Waals surface area contributed by atoms with Crippen LogP contribution in [0, 0.1) is 13.8 Å². The predicted octanol–water partition coefficient (Wildman–Crippen LogP) is 4.48. The quantitative estimate of drug-likeness (QED) is 0.779. The molecule has 20 heavy (non-hydrogen) atoms. The molecule has 0 bridgehead atoms. The molecule has 0 atom stereocenters. The summed E-state index contributed by atoms with van der Waals surface area (Å²) < 4.78 is 5.54. The van der Waals surface area contributed by atoms with Crippen LogP contribution in [0.5, 0.6) is 5.75 Å². The number of rotatable bonds is 6. The van der Waals surface area contributed by atoms with Gasteiger partial charge in [-0.25, -0.2) is 0 Å². The third kappa shape index (κ3) is 3.89. The molecule has 0 heterocycles. The lowest BCUT2D eigenvalue weighted by Crippen LogP contribution is -2.02. The van der Waals surface area contributed by atoms with E-state index in [1.165, 1.54) is 22.4 Å². The van der Waals surface area contributed by atoms with E-state index in [9.17, 15) is 0 Å². The summed E-state index contributed by atoms with van der Waals surface area (Å²) in [4.78, 5) is 0. The second kappa shape index (κ2) is 6.80. The van der Waals surface area contributed by atoms with E-state index in [0.717, 1.165) is 12.3 Å². The molecule has 0 saturated heterocycles. The fourth-order valence-electron chi connectivity index (χ4n) is 2.11. The minimum Gasteiger partial charge on any atom is -0.490 e. The van der Waals surface area contributed by atoms with Crippen LogP contribution >= 0.6 is 0 Å². The first-order chi connectivity index (χ1) is 9.69. The van der Waals surface area contributed by atoms with Gasteiger partial charge < -0.3 is 10.1 Å². The van der Waals surface area contributed by atoms with Crippen LogP contribution in [0.15, 0.2) is 55.1 Å². The van der Waals surface area contributed by atoms with Crippen molar-refractivity contribution >= 4 is 5.69 Å². The molecule has 0 aromatic heterocycles. The lowest BCUT2D eigenvalue weighted by molar-refractivity contribution is 0.363. The monoisotopic (exact) mass is 267 g/mol. The van der Waals surface area contributed by atoms with E-state index in [-0.39, 0.29) is 0 Å². The van der Waals surface area contributed by atoms with Crippen molar-refractivity contribution in [3.05, 3.63) is 71.8 Å². The van der Waals surface area contributed by atoms with Gasteiger partial charge in [0.25, 0.3) is 0 Å². The predicted molar refractivity (Wildman–Crippen MR) is 85.4 cm³/mol. The highest BCUT2D eigenvalue weighted by Gasteiger charge is 2.00. The average Bonchev–Trinajstić information content (AvgIpc) is 2.45. The molecule has 0 saturated carbocycles. The highest BCUT2D eigenvalue weighted by atomic mass is 16.5. The molecule has 0 aliphatic heterocycles. The maximum absolute atomic E-state index is 5.54. The minimum absolute atomic E-state index is 0.536. The second-order valence-electron chi connectivity index (χ2n) is 4.92. The summed E-state index contributed by atoms with van der Waals surface area (Å²) >= 11 is 0. The fraction of sp³-hybridized carbons (Fsp3) is 0.222. The summed E-state index contributed by atoms with van der Waals surface area (Å²) in [7, 11) is 0. The lowest BCUT2D eigenvalue weighted by atomic mass is 10.1. The molecule has 0 spiro atoms. The Kier molecular flexibility index (Phi) is 4.83. The number of anilines is 1. The van der Waals surface area contributed by atoms with Crippen molar-refractivity contribution in [2.45, 2.75) is 20.4 Å². The molecule has 2 heteroatoms. The summed E-state index contributed by atoms with van der Waals surface area (Å²) in [6.45, 7) is 9.21. The van der Waals surface area contributed by atoms with Gasteiger partial charge in [-0.3, -0.25) is 0 Å². The Balaban J connectivity index is 2.01. The Morgan fingerprint density at radius 3 is 2.75 bits per heavy atom. The van der Waals surface area contributed by atoms with Gasteiger partial charge in [0.2, 0.25) is 0 Å². The van der Waals surface area contributed by atoms with Crippen molar-refractivity contribution in [2.24, 2.45) is 0 Å². The van der Waals surface area contributed by atoms with Gasteiger partial charge in [-0.1, -0.05) is 42.5 Å². The van der Waals surface area contributed by atoms with Crippen LogP contribution in [0.25, 0.3) is 0 Å². The van der Waals surface area contributed by atoms with Crippen LogP contribution in [0.4, 0.5) is 5.69 Å². The fourth-order valence-corrected chi connectivity index (χ4v) is 2.11. The maximum atomic E-state index is 5.54. The number of ether oxygens (including phenoxy) is 1. The van der Waals surface area contributed by atoms with Crippen LogP contribution in [-0.4, -0.2) is 6.61 Å². The average molecular weight is 267 g/mol. The highest BCUT2D eigenvalue weighted by Crippen LogP contribution is 2.18. The van der Waals surface area contributed by atoms with Crippen molar-refractivity contribution in [3.8, 4) is 5.75 Å². The molecule has 0 radical (unpaired) electrons.